The molecule has 3 aromatic heterocycles. The molecule has 0 spiro atoms. The average molecular weight is 369 g/mol. The molecule has 0 aromatic carbocycles. The van der Waals surface area contributed by atoms with Crippen LogP contribution in [-0.2, 0) is 0 Å². The SMILES string of the molecule is Cc1scc(C(=O)N2CCC[C@@H](c3noc(-c4cnccn4)n3)C2)c1C. The first-order valence-corrected chi connectivity index (χ1v) is 9.45. The number of nitrogens with zero attached hydrogens (tertiary/aromatic N) is 5. The molecule has 1 aliphatic rings. The molecule has 0 saturated carbocycles. The van der Waals surface area contributed by atoms with Crippen LogP contribution in [0.15, 0.2) is 28.5 Å². The molecule has 4 heterocycles. The van der Waals surface area contributed by atoms with Crippen LogP contribution in [0.3, 0.4) is 0 Å². The van der Waals surface area contributed by atoms with E-state index >= 15 is 0 Å². The highest BCUT2D eigenvalue weighted by Crippen LogP contribution is 2.29. The Bertz CT molecular complexity index is 921. The smallest absolute Gasteiger partial charge is 0.278 e. The first-order chi connectivity index (χ1) is 12.6. The van der Waals surface area contributed by atoms with Gasteiger partial charge in [-0.3, -0.25) is 9.78 Å². The Morgan fingerprint density at radius 3 is 2.96 bits per heavy atom. The minimum Gasteiger partial charge on any atom is -0.338 e. The second-order valence-electron chi connectivity index (χ2n) is 6.47. The van der Waals surface area contributed by atoms with Gasteiger partial charge >= 0.3 is 0 Å². The van der Waals surface area contributed by atoms with Gasteiger partial charge < -0.3 is 9.42 Å². The summed E-state index contributed by atoms with van der Waals surface area (Å²) in [5.41, 5.74) is 2.44. The van der Waals surface area contributed by atoms with Crippen LogP contribution in [-0.4, -0.2) is 44.0 Å². The Morgan fingerprint density at radius 1 is 1.35 bits per heavy atom. The van der Waals surface area contributed by atoms with E-state index in [1.807, 2.05) is 24.1 Å². The van der Waals surface area contributed by atoms with Gasteiger partial charge in [0.1, 0.15) is 5.69 Å². The van der Waals surface area contributed by atoms with E-state index in [2.05, 4.69) is 20.1 Å². The summed E-state index contributed by atoms with van der Waals surface area (Å²) >= 11 is 1.62. The van der Waals surface area contributed by atoms with Crippen molar-refractivity contribution in [2.24, 2.45) is 0 Å². The van der Waals surface area contributed by atoms with Crippen LogP contribution in [0.1, 0.15) is 45.4 Å². The normalized spacial score (nSPS) is 17.5. The van der Waals surface area contributed by atoms with Crippen molar-refractivity contribution in [1.82, 2.24) is 25.0 Å². The third-order valence-electron chi connectivity index (χ3n) is 4.81. The quantitative estimate of drug-likeness (QED) is 0.705. The van der Waals surface area contributed by atoms with E-state index in [-0.39, 0.29) is 11.8 Å². The van der Waals surface area contributed by atoms with Crippen molar-refractivity contribution in [2.75, 3.05) is 13.1 Å². The molecule has 4 rings (SSSR count). The minimum atomic E-state index is 0.0712. The second-order valence-corrected chi connectivity index (χ2v) is 7.55. The fraction of sp³-hybridized carbons (Fsp3) is 0.389. The minimum absolute atomic E-state index is 0.0712. The maximum absolute atomic E-state index is 12.9. The van der Waals surface area contributed by atoms with Crippen LogP contribution >= 0.6 is 11.3 Å². The number of hydrogen-bond donors (Lipinski definition) is 0. The highest BCUT2D eigenvalue weighted by Gasteiger charge is 2.29. The Balaban J connectivity index is 1.51. The van der Waals surface area contributed by atoms with Crippen LogP contribution in [0.5, 0.6) is 0 Å². The van der Waals surface area contributed by atoms with Crippen LogP contribution in [0.25, 0.3) is 11.6 Å². The van der Waals surface area contributed by atoms with Crippen molar-refractivity contribution in [2.45, 2.75) is 32.6 Å². The van der Waals surface area contributed by atoms with Gasteiger partial charge in [-0.15, -0.1) is 11.3 Å². The number of likely N-dealkylation sites (tertiary alicyclic amines) is 1. The predicted octanol–water partition coefficient (Wildman–Crippen LogP) is 3.22. The van der Waals surface area contributed by atoms with Crippen LogP contribution in [0.2, 0.25) is 0 Å². The van der Waals surface area contributed by atoms with E-state index in [1.165, 1.54) is 4.88 Å². The molecule has 0 bridgehead atoms. The first-order valence-electron chi connectivity index (χ1n) is 8.57. The standard InChI is InChI=1S/C18H19N5O2S/c1-11-12(2)26-10-14(11)18(24)23-7-3-4-13(9-23)16-21-17(25-22-16)15-8-19-5-6-20-15/h5-6,8,10,13H,3-4,7,9H2,1-2H3/t13-/m1/s1. The van der Waals surface area contributed by atoms with Gasteiger partial charge in [0.2, 0.25) is 0 Å². The van der Waals surface area contributed by atoms with Gasteiger partial charge in [-0.1, -0.05) is 5.16 Å². The Kier molecular flexibility index (Phi) is 4.50. The molecular weight excluding hydrogens is 350 g/mol. The summed E-state index contributed by atoms with van der Waals surface area (Å²) in [6, 6.07) is 0. The third kappa shape index (κ3) is 3.12. The number of amides is 1. The monoisotopic (exact) mass is 369 g/mol. The highest BCUT2D eigenvalue weighted by atomic mass is 32.1. The van der Waals surface area contributed by atoms with Gasteiger partial charge in [0.05, 0.1) is 11.8 Å². The number of aromatic nitrogens is 4. The molecule has 1 aliphatic heterocycles. The fourth-order valence-corrected chi connectivity index (χ4v) is 4.04. The topological polar surface area (TPSA) is 85.0 Å². The maximum atomic E-state index is 12.9. The summed E-state index contributed by atoms with van der Waals surface area (Å²) in [7, 11) is 0. The van der Waals surface area contributed by atoms with E-state index in [4.69, 9.17) is 4.52 Å². The number of rotatable bonds is 3. The fourth-order valence-electron chi connectivity index (χ4n) is 3.18. The van der Waals surface area contributed by atoms with E-state index < -0.39 is 0 Å². The lowest BCUT2D eigenvalue weighted by molar-refractivity contribution is 0.0703. The van der Waals surface area contributed by atoms with E-state index in [0.29, 0.717) is 24.0 Å². The van der Waals surface area contributed by atoms with Gasteiger partial charge in [-0.25, -0.2) is 4.98 Å². The Morgan fingerprint density at radius 2 is 2.23 bits per heavy atom. The van der Waals surface area contributed by atoms with Crippen molar-refractivity contribution in [3.63, 3.8) is 0 Å². The summed E-state index contributed by atoms with van der Waals surface area (Å²) in [4.78, 5) is 28.7. The van der Waals surface area contributed by atoms with Crippen LogP contribution in [0, 0.1) is 13.8 Å². The van der Waals surface area contributed by atoms with Gasteiger partial charge in [-0.2, -0.15) is 4.98 Å². The molecule has 0 unspecified atom stereocenters. The molecule has 26 heavy (non-hydrogen) atoms. The van der Waals surface area contributed by atoms with Crippen molar-refractivity contribution >= 4 is 17.2 Å². The van der Waals surface area contributed by atoms with E-state index in [1.54, 1.807) is 29.9 Å². The predicted molar refractivity (Wildman–Crippen MR) is 97.0 cm³/mol. The van der Waals surface area contributed by atoms with Gasteiger partial charge in [0.25, 0.3) is 11.8 Å². The van der Waals surface area contributed by atoms with E-state index in [0.717, 1.165) is 30.5 Å². The molecule has 8 heteroatoms. The summed E-state index contributed by atoms with van der Waals surface area (Å²) in [6.07, 6.45) is 6.64. The first kappa shape index (κ1) is 16.8. The number of hydrogen-bond acceptors (Lipinski definition) is 7. The number of carbonyl (C=O) groups excluding carboxylic acids is 1. The van der Waals surface area contributed by atoms with Crippen molar-refractivity contribution < 1.29 is 9.32 Å². The number of piperidine rings is 1. The van der Waals surface area contributed by atoms with Crippen molar-refractivity contribution in [3.05, 3.63) is 45.8 Å². The number of carbonyl (C=O) groups is 1. The molecule has 0 N–H and O–H groups in total. The molecule has 1 amide bonds. The second kappa shape index (κ2) is 6.95. The summed E-state index contributed by atoms with van der Waals surface area (Å²) in [5.74, 6) is 1.15. The van der Waals surface area contributed by atoms with Gasteiger partial charge in [0.15, 0.2) is 5.82 Å². The molecular formula is C18H19N5O2S. The number of aryl methyl sites for hydroxylation is 1. The lowest BCUT2D eigenvalue weighted by Crippen LogP contribution is -2.39. The zero-order valence-electron chi connectivity index (χ0n) is 14.7. The summed E-state index contributed by atoms with van der Waals surface area (Å²) in [5, 5.41) is 6.07. The summed E-state index contributed by atoms with van der Waals surface area (Å²) < 4.78 is 5.34. The largest absolute Gasteiger partial charge is 0.338 e. The average Bonchev–Trinajstić information content (AvgIpc) is 3.30. The molecule has 1 fully saturated rings. The number of thiophene rings is 1. The molecule has 7 nitrogen and oxygen atoms in total. The molecule has 1 atom stereocenters. The van der Waals surface area contributed by atoms with Crippen LogP contribution in [0.4, 0.5) is 0 Å². The molecule has 1 saturated heterocycles. The molecule has 0 aliphatic carbocycles. The Hall–Kier alpha value is -2.61. The Labute approximate surface area is 155 Å². The molecule has 0 radical (unpaired) electrons. The van der Waals surface area contributed by atoms with Crippen molar-refractivity contribution in [1.29, 1.82) is 0 Å². The third-order valence-corrected chi connectivity index (χ3v) is 5.83. The zero-order chi connectivity index (χ0) is 18.1. The van der Waals surface area contributed by atoms with Crippen LogP contribution < -0.4 is 0 Å². The van der Waals surface area contributed by atoms with E-state index in [9.17, 15) is 4.79 Å². The van der Waals surface area contributed by atoms with Crippen molar-refractivity contribution in [3.8, 4) is 11.6 Å². The lowest BCUT2D eigenvalue weighted by atomic mass is 9.96. The zero-order valence-corrected chi connectivity index (χ0v) is 15.5. The highest BCUT2D eigenvalue weighted by molar-refractivity contribution is 7.10. The molecule has 134 valence electrons. The lowest BCUT2D eigenvalue weighted by Gasteiger charge is -2.31. The summed E-state index contributed by atoms with van der Waals surface area (Å²) in [6.45, 7) is 5.42. The molecule has 3 aromatic rings. The van der Waals surface area contributed by atoms with Gasteiger partial charge in [0, 0.05) is 41.7 Å². The van der Waals surface area contributed by atoms with Gasteiger partial charge in [-0.05, 0) is 32.3 Å². The maximum Gasteiger partial charge on any atom is 0.278 e.